The minimum Gasteiger partial charge on any atom is -0.516 e. The molecule has 1 saturated heterocycles. The molecule has 0 radical (unpaired) electrons. The third-order valence-corrected chi connectivity index (χ3v) is 5.17. The zero-order chi connectivity index (χ0) is 20.2. The fourth-order valence-corrected chi connectivity index (χ4v) is 3.73. The van der Waals surface area contributed by atoms with Crippen LogP contribution >= 0.6 is 0 Å². The van der Waals surface area contributed by atoms with Gasteiger partial charge in [-0.15, -0.1) is 0 Å². The molecule has 5 nitrogen and oxygen atoms in total. The Kier molecular flexibility index (Phi) is 5.38. The second-order valence-corrected chi connectivity index (χ2v) is 7.17. The maximum atomic E-state index is 12.6. The lowest BCUT2D eigenvalue weighted by atomic mass is 9.88. The monoisotopic (exact) mass is 389 g/mol. The molecule has 2 unspecified atom stereocenters. The predicted octanol–water partition coefficient (Wildman–Crippen LogP) is 5.69. The molecule has 0 spiro atoms. The lowest BCUT2D eigenvalue weighted by molar-refractivity contribution is 0.149. The van der Waals surface area contributed by atoms with Crippen molar-refractivity contribution in [3.05, 3.63) is 90.7 Å². The summed E-state index contributed by atoms with van der Waals surface area (Å²) in [7, 11) is 0. The Morgan fingerprint density at radius 1 is 1.07 bits per heavy atom. The molecule has 0 saturated carbocycles. The Hall–Kier alpha value is -3.47. The van der Waals surface area contributed by atoms with Gasteiger partial charge in [0, 0.05) is 11.6 Å². The maximum absolute atomic E-state index is 12.6. The number of aliphatic hydroxyl groups excluding tert-OH is 1. The van der Waals surface area contributed by atoms with Gasteiger partial charge < -0.3 is 14.6 Å². The zero-order valence-corrected chi connectivity index (χ0v) is 16.1. The van der Waals surface area contributed by atoms with Gasteiger partial charge >= 0.3 is 6.09 Å². The summed E-state index contributed by atoms with van der Waals surface area (Å²) in [6.07, 6.45) is 10.4. The predicted molar refractivity (Wildman–Crippen MR) is 112 cm³/mol. The number of rotatable bonds is 5. The Morgan fingerprint density at radius 3 is 2.38 bits per heavy atom. The molecule has 1 N–H and O–H groups in total. The van der Waals surface area contributed by atoms with Crippen LogP contribution in [0.1, 0.15) is 12.0 Å². The summed E-state index contributed by atoms with van der Waals surface area (Å²) in [6, 6.07) is 15.0. The van der Waals surface area contributed by atoms with E-state index in [1.54, 1.807) is 4.90 Å². The Morgan fingerprint density at radius 2 is 1.76 bits per heavy atom. The van der Waals surface area contributed by atoms with Gasteiger partial charge in [-0.2, -0.15) is 0 Å². The van der Waals surface area contributed by atoms with Gasteiger partial charge in [0.25, 0.3) is 0 Å². The van der Waals surface area contributed by atoms with Crippen molar-refractivity contribution in [2.24, 2.45) is 5.92 Å². The van der Waals surface area contributed by atoms with Crippen molar-refractivity contribution in [1.82, 2.24) is 0 Å². The van der Waals surface area contributed by atoms with Crippen molar-refractivity contribution >= 4 is 11.8 Å². The zero-order valence-electron chi connectivity index (χ0n) is 16.1. The molecule has 2 aliphatic rings. The van der Waals surface area contributed by atoms with Crippen LogP contribution in [-0.4, -0.2) is 23.3 Å². The molecule has 3 atom stereocenters. The number of nitrogens with zero attached hydrogens (tertiary/aromatic N) is 1. The van der Waals surface area contributed by atoms with E-state index >= 15 is 0 Å². The van der Waals surface area contributed by atoms with Crippen LogP contribution in [0.5, 0.6) is 11.5 Å². The average molecular weight is 389 g/mol. The van der Waals surface area contributed by atoms with Gasteiger partial charge in [0.05, 0.1) is 12.3 Å². The third-order valence-electron chi connectivity index (χ3n) is 5.17. The summed E-state index contributed by atoms with van der Waals surface area (Å²) in [5.74, 6) is 1.54. The van der Waals surface area contributed by atoms with Gasteiger partial charge in [-0.1, -0.05) is 42.0 Å². The second kappa shape index (κ2) is 8.27. The van der Waals surface area contributed by atoms with Crippen LogP contribution in [0.3, 0.4) is 0 Å². The van der Waals surface area contributed by atoms with Gasteiger partial charge in [-0.3, -0.25) is 4.90 Å². The smallest absolute Gasteiger partial charge is 0.415 e. The van der Waals surface area contributed by atoms with E-state index in [2.05, 4.69) is 12.2 Å². The molecule has 1 heterocycles. The van der Waals surface area contributed by atoms with Crippen LogP contribution in [0.2, 0.25) is 0 Å². The van der Waals surface area contributed by atoms with Gasteiger partial charge in [-0.25, -0.2) is 4.79 Å². The average Bonchev–Trinajstić information content (AvgIpc) is 3.07. The first kappa shape index (κ1) is 18.9. The number of hydrogen-bond acceptors (Lipinski definition) is 4. The highest BCUT2D eigenvalue weighted by atomic mass is 16.6. The van der Waals surface area contributed by atoms with Crippen LogP contribution in [0.25, 0.3) is 0 Å². The summed E-state index contributed by atoms with van der Waals surface area (Å²) in [6.45, 7) is 2.03. The number of ether oxygens (including phenoxy) is 2. The van der Waals surface area contributed by atoms with Gasteiger partial charge in [0.2, 0.25) is 0 Å². The summed E-state index contributed by atoms with van der Waals surface area (Å²) in [5.41, 5.74) is 1.90. The number of carbonyl (C=O) groups excluding carboxylic acids is 1. The van der Waals surface area contributed by atoms with Crippen molar-refractivity contribution in [3.8, 4) is 11.5 Å². The number of aryl methyl sites for hydroxylation is 1. The fraction of sp³-hybridized carbons (Fsp3) is 0.208. The number of anilines is 1. The van der Waals surface area contributed by atoms with Crippen LogP contribution in [0.15, 0.2) is 85.2 Å². The van der Waals surface area contributed by atoms with Crippen LogP contribution in [0.4, 0.5) is 10.5 Å². The number of carbonyl (C=O) groups is 1. The number of amides is 1. The third kappa shape index (κ3) is 4.04. The summed E-state index contributed by atoms with van der Waals surface area (Å²) in [5, 5.41) is 9.24. The first-order chi connectivity index (χ1) is 14.2. The SMILES string of the molecule is Cc1ccc(Oc2ccc(N3C(=O)OC(/C=C/O)[C@@H]3C3C=CC=CC3)cc2)cc1. The van der Waals surface area contributed by atoms with Gasteiger partial charge in [-0.05, 0) is 55.8 Å². The van der Waals surface area contributed by atoms with Crippen molar-refractivity contribution in [2.45, 2.75) is 25.5 Å². The molecular formula is C24H23NO4. The van der Waals surface area contributed by atoms with Crippen molar-refractivity contribution in [1.29, 1.82) is 0 Å². The first-order valence-electron chi connectivity index (χ1n) is 9.64. The van der Waals surface area contributed by atoms with E-state index in [0.29, 0.717) is 5.75 Å². The molecular weight excluding hydrogens is 366 g/mol. The molecule has 4 rings (SSSR count). The molecule has 148 valence electrons. The van der Waals surface area contributed by atoms with E-state index < -0.39 is 12.2 Å². The minimum atomic E-state index is -0.517. The van der Waals surface area contributed by atoms with Gasteiger partial charge in [0.15, 0.2) is 0 Å². The Bertz CT molecular complexity index is 944. The van der Waals surface area contributed by atoms with Gasteiger partial charge in [0.1, 0.15) is 17.6 Å². The van der Waals surface area contributed by atoms with E-state index in [-0.39, 0.29) is 12.0 Å². The highest BCUT2D eigenvalue weighted by molar-refractivity contribution is 5.91. The molecule has 1 aliphatic heterocycles. The lowest BCUT2D eigenvalue weighted by Gasteiger charge is -2.29. The topological polar surface area (TPSA) is 59.0 Å². The standard InChI is InChI=1S/C24H23NO4/c1-17-7-11-20(12-8-17)28-21-13-9-19(10-14-21)25-23(18-5-3-2-4-6-18)22(15-16-26)29-24(25)27/h2-5,7-16,18,22-23,26H,6H2,1H3/b16-15+/t18?,22?,23-/m0/s1. The van der Waals surface area contributed by atoms with E-state index in [9.17, 15) is 9.90 Å². The Labute approximate surface area is 170 Å². The number of benzene rings is 2. The summed E-state index contributed by atoms with van der Waals surface area (Å²) in [4.78, 5) is 14.3. The molecule has 0 bridgehead atoms. The van der Waals surface area contributed by atoms with Crippen LogP contribution < -0.4 is 9.64 Å². The number of allylic oxidation sites excluding steroid dienone is 3. The molecule has 1 aliphatic carbocycles. The molecule has 1 fully saturated rings. The number of aliphatic hydroxyl groups is 1. The quantitative estimate of drug-likeness (QED) is 0.668. The molecule has 29 heavy (non-hydrogen) atoms. The van der Waals surface area contributed by atoms with Crippen LogP contribution in [0, 0.1) is 12.8 Å². The Balaban J connectivity index is 1.57. The molecule has 0 aromatic heterocycles. The normalized spacial score (nSPS) is 23.6. The molecule has 5 heteroatoms. The van der Waals surface area contributed by atoms with E-state index in [4.69, 9.17) is 9.47 Å². The molecule has 2 aromatic carbocycles. The van der Waals surface area contributed by atoms with E-state index in [0.717, 1.165) is 24.1 Å². The first-order valence-corrected chi connectivity index (χ1v) is 9.64. The second-order valence-electron chi connectivity index (χ2n) is 7.17. The van der Waals surface area contributed by atoms with E-state index in [1.165, 1.54) is 11.6 Å². The van der Waals surface area contributed by atoms with Crippen molar-refractivity contribution in [3.63, 3.8) is 0 Å². The highest BCUT2D eigenvalue weighted by Crippen LogP contribution is 2.36. The molecule has 2 aromatic rings. The fourth-order valence-electron chi connectivity index (χ4n) is 3.73. The molecule has 1 amide bonds. The van der Waals surface area contributed by atoms with E-state index in [1.807, 2.05) is 67.6 Å². The maximum Gasteiger partial charge on any atom is 0.415 e. The number of cyclic esters (lactones) is 1. The highest BCUT2D eigenvalue weighted by Gasteiger charge is 2.45. The summed E-state index contributed by atoms with van der Waals surface area (Å²) < 4.78 is 11.4. The minimum absolute atomic E-state index is 0.0936. The number of hydrogen-bond donors (Lipinski definition) is 1. The van der Waals surface area contributed by atoms with Crippen molar-refractivity contribution < 1.29 is 19.4 Å². The lowest BCUT2D eigenvalue weighted by Crippen LogP contribution is -2.41. The van der Waals surface area contributed by atoms with Crippen molar-refractivity contribution in [2.75, 3.05) is 4.90 Å². The van der Waals surface area contributed by atoms with Crippen LogP contribution in [-0.2, 0) is 4.74 Å². The largest absolute Gasteiger partial charge is 0.516 e. The summed E-state index contributed by atoms with van der Waals surface area (Å²) >= 11 is 0.